The van der Waals surface area contributed by atoms with Crippen LogP contribution < -0.4 is 5.73 Å². The summed E-state index contributed by atoms with van der Waals surface area (Å²) in [6, 6.07) is 1.35. The van der Waals surface area contributed by atoms with Gasteiger partial charge in [0.05, 0.1) is 17.4 Å². The number of nitrogen functional groups attached to an aromatic ring is 1. The van der Waals surface area contributed by atoms with Crippen molar-refractivity contribution in [3.05, 3.63) is 22.4 Å². The van der Waals surface area contributed by atoms with E-state index in [4.69, 9.17) is 10.8 Å². The minimum Gasteiger partial charge on any atom is -0.478 e. The number of hydrogen-bond acceptors (Lipinski definition) is 3. The van der Waals surface area contributed by atoms with Gasteiger partial charge in [-0.05, 0) is 22.0 Å². The summed E-state index contributed by atoms with van der Waals surface area (Å²) in [6.45, 7) is 0. The number of carboxylic acid groups (broad SMARTS) is 1. The molecular formula is C6H5BrN2O2. The summed E-state index contributed by atoms with van der Waals surface area (Å²) in [6.07, 6.45) is 1.39. The highest BCUT2D eigenvalue weighted by Gasteiger charge is 2.08. The van der Waals surface area contributed by atoms with Crippen LogP contribution in [-0.2, 0) is 0 Å². The van der Waals surface area contributed by atoms with Crippen LogP contribution in [0.15, 0.2) is 16.9 Å². The van der Waals surface area contributed by atoms with Gasteiger partial charge < -0.3 is 10.8 Å². The highest BCUT2D eigenvalue weighted by Crippen LogP contribution is 2.15. The normalized spacial score (nSPS) is 9.55. The van der Waals surface area contributed by atoms with Crippen molar-refractivity contribution in [1.29, 1.82) is 0 Å². The van der Waals surface area contributed by atoms with Crippen molar-refractivity contribution < 1.29 is 9.90 Å². The number of anilines is 1. The van der Waals surface area contributed by atoms with Crippen molar-refractivity contribution in [2.24, 2.45) is 0 Å². The van der Waals surface area contributed by atoms with Crippen LogP contribution in [0.4, 0.5) is 5.69 Å². The quantitative estimate of drug-likeness (QED) is 0.691. The van der Waals surface area contributed by atoms with E-state index in [2.05, 4.69) is 20.9 Å². The third kappa shape index (κ3) is 1.68. The Hall–Kier alpha value is -1.10. The molecule has 1 rings (SSSR count). The number of pyridine rings is 1. The van der Waals surface area contributed by atoms with Gasteiger partial charge in [-0.25, -0.2) is 9.78 Å². The van der Waals surface area contributed by atoms with E-state index in [-0.39, 0.29) is 5.56 Å². The molecule has 0 saturated heterocycles. The minimum absolute atomic E-state index is 0.0741. The predicted molar refractivity (Wildman–Crippen MR) is 43.3 cm³/mol. The first-order valence-electron chi connectivity index (χ1n) is 2.75. The van der Waals surface area contributed by atoms with E-state index < -0.39 is 5.97 Å². The highest BCUT2D eigenvalue weighted by molar-refractivity contribution is 9.10. The zero-order chi connectivity index (χ0) is 8.43. The SMILES string of the molecule is Nc1cnc(Br)c(C(=O)O)c1. The summed E-state index contributed by atoms with van der Waals surface area (Å²) in [7, 11) is 0. The monoisotopic (exact) mass is 216 g/mol. The van der Waals surface area contributed by atoms with Crippen molar-refractivity contribution in [3.63, 3.8) is 0 Å². The second-order valence-electron chi connectivity index (χ2n) is 1.91. The number of aromatic carboxylic acids is 1. The third-order valence-electron chi connectivity index (χ3n) is 1.09. The number of nitrogens with zero attached hydrogens (tertiary/aromatic N) is 1. The molecule has 0 spiro atoms. The van der Waals surface area contributed by atoms with E-state index in [9.17, 15) is 4.79 Å². The molecule has 0 amide bonds. The summed E-state index contributed by atoms with van der Waals surface area (Å²) in [5, 5.41) is 8.56. The summed E-state index contributed by atoms with van der Waals surface area (Å²) in [4.78, 5) is 14.2. The van der Waals surface area contributed by atoms with Crippen LogP contribution in [0.5, 0.6) is 0 Å². The van der Waals surface area contributed by atoms with Gasteiger partial charge in [-0.3, -0.25) is 0 Å². The first-order chi connectivity index (χ1) is 5.11. The Morgan fingerprint density at radius 3 is 2.82 bits per heavy atom. The lowest BCUT2D eigenvalue weighted by atomic mass is 10.3. The highest BCUT2D eigenvalue weighted by atomic mass is 79.9. The summed E-state index contributed by atoms with van der Waals surface area (Å²) >= 11 is 2.98. The molecule has 0 bridgehead atoms. The van der Waals surface area contributed by atoms with Crippen LogP contribution in [-0.4, -0.2) is 16.1 Å². The molecule has 5 heteroatoms. The number of hydrogen-bond donors (Lipinski definition) is 2. The summed E-state index contributed by atoms with van der Waals surface area (Å²) < 4.78 is 0.291. The van der Waals surface area contributed by atoms with Crippen LogP contribution in [0.1, 0.15) is 10.4 Å². The fourth-order valence-corrected chi connectivity index (χ4v) is 1.00. The summed E-state index contributed by atoms with van der Waals surface area (Å²) in [5.41, 5.74) is 5.73. The van der Waals surface area contributed by atoms with E-state index in [1.54, 1.807) is 0 Å². The standard InChI is InChI=1S/C6H5BrN2O2/c7-5-4(6(10)11)1-3(8)2-9-5/h1-2H,8H2,(H,10,11). The molecule has 11 heavy (non-hydrogen) atoms. The Morgan fingerprint density at radius 1 is 1.73 bits per heavy atom. The number of carboxylic acids is 1. The van der Waals surface area contributed by atoms with Gasteiger partial charge in [-0.2, -0.15) is 0 Å². The molecule has 0 atom stereocenters. The number of nitrogens with two attached hydrogens (primary N) is 1. The Balaban J connectivity index is 3.23. The fourth-order valence-electron chi connectivity index (χ4n) is 0.614. The minimum atomic E-state index is -1.04. The van der Waals surface area contributed by atoms with Gasteiger partial charge in [0.1, 0.15) is 4.60 Å². The molecule has 0 aliphatic carbocycles. The van der Waals surface area contributed by atoms with E-state index >= 15 is 0 Å². The lowest BCUT2D eigenvalue weighted by molar-refractivity contribution is 0.0695. The second-order valence-corrected chi connectivity index (χ2v) is 2.66. The molecule has 0 radical (unpaired) electrons. The lowest BCUT2D eigenvalue weighted by Crippen LogP contribution is -2.00. The molecule has 0 saturated carbocycles. The molecule has 58 valence electrons. The van der Waals surface area contributed by atoms with Crippen molar-refractivity contribution >= 4 is 27.6 Å². The molecule has 0 aliphatic heterocycles. The number of carbonyl (C=O) groups is 1. The van der Waals surface area contributed by atoms with Gasteiger partial charge in [-0.15, -0.1) is 0 Å². The van der Waals surface area contributed by atoms with Crippen molar-refractivity contribution in [2.45, 2.75) is 0 Å². The maximum absolute atomic E-state index is 10.4. The Morgan fingerprint density at radius 2 is 2.36 bits per heavy atom. The smallest absolute Gasteiger partial charge is 0.338 e. The van der Waals surface area contributed by atoms with Crippen LogP contribution >= 0.6 is 15.9 Å². The Kier molecular flexibility index (Phi) is 2.09. The Labute approximate surface area is 71.2 Å². The molecule has 0 unspecified atom stereocenters. The van der Waals surface area contributed by atoms with Gasteiger partial charge in [0.2, 0.25) is 0 Å². The van der Waals surface area contributed by atoms with Gasteiger partial charge in [0.25, 0.3) is 0 Å². The van der Waals surface area contributed by atoms with Crippen molar-refractivity contribution in [1.82, 2.24) is 4.98 Å². The number of rotatable bonds is 1. The third-order valence-corrected chi connectivity index (χ3v) is 1.72. The first kappa shape index (κ1) is 8.00. The van der Waals surface area contributed by atoms with E-state index in [1.807, 2.05) is 0 Å². The van der Waals surface area contributed by atoms with Gasteiger partial charge in [0, 0.05) is 0 Å². The number of aromatic nitrogens is 1. The van der Waals surface area contributed by atoms with Crippen molar-refractivity contribution in [2.75, 3.05) is 5.73 Å². The van der Waals surface area contributed by atoms with Crippen LogP contribution in [0.2, 0.25) is 0 Å². The molecular weight excluding hydrogens is 212 g/mol. The van der Waals surface area contributed by atoms with Gasteiger partial charge in [0.15, 0.2) is 0 Å². The van der Waals surface area contributed by atoms with E-state index in [0.717, 1.165) is 0 Å². The van der Waals surface area contributed by atoms with Crippen LogP contribution in [0.3, 0.4) is 0 Å². The molecule has 4 nitrogen and oxygen atoms in total. The molecule has 0 aromatic carbocycles. The average Bonchev–Trinajstić information content (AvgIpc) is 1.94. The van der Waals surface area contributed by atoms with Crippen LogP contribution in [0, 0.1) is 0 Å². The average molecular weight is 217 g/mol. The largest absolute Gasteiger partial charge is 0.478 e. The fraction of sp³-hybridized carbons (Fsp3) is 0. The Bertz CT molecular complexity index is 301. The van der Waals surface area contributed by atoms with Gasteiger partial charge in [-0.1, -0.05) is 0 Å². The zero-order valence-electron chi connectivity index (χ0n) is 5.41. The topological polar surface area (TPSA) is 76.2 Å². The molecule has 1 aromatic heterocycles. The van der Waals surface area contributed by atoms with E-state index in [1.165, 1.54) is 12.3 Å². The molecule has 1 heterocycles. The van der Waals surface area contributed by atoms with Gasteiger partial charge >= 0.3 is 5.97 Å². The first-order valence-corrected chi connectivity index (χ1v) is 3.55. The molecule has 3 N–H and O–H groups in total. The molecule has 0 fully saturated rings. The predicted octanol–water partition coefficient (Wildman–Crippen LogP) is 1.12. The maximum Gasteiger partial charge on any atom is 0.338 e. The second kappa shape index (κ2) is 2.87. The maximum atomic E-state index is 10.4. The number of halogens is 1. The van der Waals surface area contributed by atoms with Crippen LogP contribution in [0.25, 0.3) is 0 Å². The summed E-state index contributed by atoms with van der Waals surface area (Å²) in [5.74, 6) is -1.04. The molecule has 0 aliphatic rings. The molecule has 1 aromatic rings. The van der Waals surface area contributed by atoms with Crippen molar-refractivity contribution in [3.8, 4) is 0 Å². The lowest BCUT2D eigenvalue weighted by Gasteiger charge is -1.97. The van der Waals surface area contributed by atoms with E-state index in [0.29, 0.717) is 10.3 Å². The zero-order valence-corrected chi connectivity index (χ0v) is 7.00.